The number of hydrogen-bond acceptors (Lipinski definition) is 2. The SMILES string of the molecule is CCc1cccc(OCc2ccccc2C#CCCO)c1. The van der Waals surface area contributed by atoms with Crippen molar-refractivity contribution in [3.8, 4) is 17.6 Å². The van der Waals surface area contributed by atoms with Crippen LogP contribution >= 0.6 is 0 Å². The molecule has 0 heterocycles. The molecule has 0 fully saturated rings. The van der Waals surface area contributed by atoms with E-state index in [1.165, 1.54) is 5.56 Å². The maximum absolute atomic E-state index is 8.79. The number of aliphatic hydroxyl groups excluding tert-OH is 1. The average molecular weight is 280 g/mol. The molecule has 2 heteroatoms. The van der Waals surface area contributed by atoms with E-state index in [4.69, 9.17) is 9.84 Å². The molecule has 0 aromatic heterocycles. The molecule has 2 nitrogen and oxygen atoms in total. The van der Waals surface area contributed by atoms with Crippen LogP contribution in [0, 0.1) is 11.8 Å². The average Bonchev–Trinajstić information content (AvgIpc) is 2.54. The summed E-state index contributed by atoms with van der Waals surface area (Å²) in [6.07, 6.45) is 1.49. The first-order chi connectivity index (χ1) is 10.3. The molecule has 1 N–H and O–H groups in total. The van der Waals surface area contributed by atoms with Crippen LogP contribution in [-0.4, -0.2) is 11.7 Å². The lowest BCUT2D eigenvalue weighted by Gasteiger charge is -2.09. The van der Waals surface area contributed by atoms with Gasteiger partial charge in [0.25, 0.3) is 0 Å². The first kappa shape index (κ1) is 15.2. The lowest BCUT2D eigenvalue weighted by molar-refractivity contribution is 0.305. The highest BCUT2D eigenvalue weighted by atomic mass is 16.5. The van der Waals surface area contributed by atoms with Crippen LogP contribution < -0.4 is 4.74 Å². The van der Waals surface area contributed by atoms with Gasteiger partial charge in [0.15, 0.2) is 0 Å². The first-order valence-electron chi connectivity index (χ1n) is 7.23. The number of rotatable bonds is 5. The molecule has 2 aromatic carbocycles. The third kappa shape index (κ3) is 4.66. The van der Waals surface area contributed by atoms with Gasteiger partial charge in [-0.15, -0.1) is 0 Å². The predicted molar refractivity (Wildman–Crippen MR) is 85.2 cm³/mol. The summed E-state index contributed by atoms with van der Waals surface area (Å²) in [7, 11) is 0. The van der Waals surface area contributed by atoms with Crippen LogP contribution in [0.3, 0.4) is 0 Å². The van der Waals surface area contributed by atoms with Gasteiger partial charge in [0.05, 0.1) is 6.61 Å². The maximum Gasteiger partial charge on any atom is 0.120 e. The van der Waals surface area contributed by atoms with Gasteiger partial charge in [-0.2, -0.15) is 0 Å². The number of aryl methyl sites for hydroxylation is 1. The number of hydrogen-bond donors (Lipinski definition) is 1. The topological polar surface area (TPSA) is 29.5 Å². The molecule has 0 saturated heterocycles. The van der Waals surface area contributed by atoms with Gasteiger partial charge in [-0.05, 0) is 30.2 Å². The van der Waals surface area contributed by atoms with E-state index >= 15 is 0 Å². The van der Waals surface area contributed by atoms with Crippen LogP contribution in [-0.2, 0) is 13.0 Å². The molecule has 2 rings (SSSR count). The van der Waals surface area contributed by atoms with E-state index in [0.717, 1.165) is 23.3 Å². The van der Waals surface area contributed by atoms with E-state index in [1.54, 1.807) is 0 Å². The Morgan fingerprint density at radius 1 is 1.10 bits per heavy atom. The molecule has 0 aliphatic heterocycles. The van der Waals surface area contributed by atoms with E-state index in [1.807, 2.05) is 36.4 Å². The van der Waals surface area contributed by atoms with Crippen molar-refractivity contribution < 1.29 is 9.84 Å². The van der Waals surface area contributed by atoms with Crippen molar-refractivity contribution in [3.63, 3.8) is 0 Å². The minimum absolute atomic E-state index is 0.0927. The van der Waals surface area contributed by atoms with Gasteiger partial charge in [-0.25, -0.2) is 0 Å². The van der Waals surface area contributed by atoms with Gasteiger partial charge >= 0.3 is 0 Å². The molecule has 2 aromatic rings. The zero-order valence-electron chi connectivity index (χ0n) is 12.3. The summed E-state index contributed by atoms with van der Waals surface area (Å²) in [5, 5.41) is 8.79. The van der Waals surface area contributed by atoms with Crippen molar-refractivity contribution in [2.24, 2.45) is 0 Å². The molecule has 0 atom stereocenters. The van der Waals surface area contributed by atoms with Crippen molar-refractivity contribution in [2.45, 2.75) is 26.4 Å². The Bertz CT molecular complexity index is 635. The fourth-order valence-corrected chi connectivity index (χ4v) is 2.00. The van der Waals surface area contributed by atoms with Crippen molar-refractivity contribution in [1.82, 2.24) is 0 Å². The van der Waals surface area contributed by atoms with Gasteiger partial charge in [0.1, 0.15) is 12.4 Å². The minimum Gasteiger partial charge on any atom is -0.489 e. The van der Waals surface area contributed by atoms with E-state index in [-0.39, 0.29) is 6.61 Å². The van der Waals surface area contributed by atoms with Crippen molar-refractivity contribution in [3.05, 3.63) is 65.2 Å². The summed E-state index contributed by atoms with van der Waals surface area (Å²) in [5.41, 5.74) is 3.28. The van der Waals surface area contributed by atoms with Crippen LogP contribution in [0.4, 0.5) is 0 Å². The molecule has 0 aliphatic rings. The summed E-state index contributed by atoms with van der Waals surface area (Å²) in [6.45, 7) is 2.72. The molecule has 108 valence electrons. The largest absolute Gasteiger partial charge is 0.489 e. The van der Waals surface area contributed by atoms with Gasteiger partial charge in [-0.3, -0.25) is 0 Å². The van der Waals surface area contributed by atoms with Crippen molar-refractivity contribution in [1.29, 1.82) is 0 Å². The van der Waals surface area contributed by atoms with Crippen molar-refractivity contribution >= 4 is 0 Å². The second kappa shape index (κ2) is 8.14. The molecule has 0 aliphatic carbocycles. The molecule has 0 amide bonds. The Balaban J connectivity index is 2.07. The van der Waals surface area contributed by atoms with Crippen LogP contribution in [0.2, 0.25) is 0 Å². The summed E-state index contributed by atoms with van der Waals surface area (Å²) >= 11 is 0. The van der Waals surface area contributed by atoms with E-state index in [2.05, 4.69) is 30.9 Å². The van der Waals surface area contributed by atoms with E-state index in [0.29, 0.717) is 13.0 Å². The van der Waals surface area contributed by atoms with Crippen molar-refractivity contribution in [2.75, 3.05) is 6.61 Å². The number of ether oxygens (including phenoxy) is 1. The zero-order valence-corrected chi connectivity index (χ0v) is 12.3. The Morgan fingerprint density at radius 2 is 1.95 bits per heavy atom. The summed E-state index contributed by atoms with van der Waals surface area (Å²) in [4.78, 5) is 0. The molecular formula is C19H20O2. The van der Waals surface area contributed by atoms with Gasteiger partial charge in [0, 0.05) is 17.5 Å². The molecule has 0 radical (unpaired) electrons. The molecule has 0 spiro atoms. The highest BCUT2D eigenvalue weighted by Crippen LogP contribution is 2.17. The second-order valence-electron chi connectivity index (χ2n) is 4.72. The molecular weight excluding hydrogens is 260 g/mol. The highest BCUT2D eigenvalue weighted by Gasteiger charge is 2.01. The van der Waals surface area contributed by atoms with Gasteiger partial charge in [-0.1, -0.05) is 49.1 Å². The fraction of sp³-hybridized carbons (Fsp3) is 0.263. The Kier molecular flexibility index (Phi) is 5.87. The van der Waals surface area contributed by atoms with Crippen LogP contribution in [0.1, 0.15) is 30.0 Å². The quantitative estimate of drug-likeness (QED) is 0.849. The number of benzene rings is 2. The normalized spacial score (nSPS) is 9.81. The molecule has 21 heavy (non-hydrogen) atoms. The zero-order chi connectivity index (χ0) is 14.9. The smallest absolute Gasteiger partial charge is 0.120 e. The van der Waals surface area contributed by atoms with Gasteiger partial charge in [0.2, 0.25) is 0 Å². The molecule has 0 bridgehead atoms. The third-order valence-electron chi connectivity index (χ3n) is 3.18. The standard InChI is InChI=1S/C19H20O2/c1-2-16-8-7-12-19(14-16)21-15-18-11-4-3-9-17(18)10-5-6-13-20/h3-4,7-9,11-12,14,20H,2,6,13,15H2,1H3. The summed E-state index contributed by atoms with van der Waals surface area (Å²) in [5.74, 6) is 6.92. The maximum atomic E-state index is 8.79. The fourth-order valence-electron chi connectivity index (χ4n) is 2.00. The van der Waals surface area contributed by atoms with E-state index < -0.39 is 0 Å². The third-order valence-corrected chi connectivity index (χ3v) is 3.18. The second-order valence-corrected chi connectivity index (χ2v) is 4.72. The van der Waals surface area contributed by atoms with Crippen LogP contribution in [0.25, 0.3) is 0 Å². The Morgan fingerprint density at radius 3 is 2.76 bits per heavy atom. The van der Waals surface area contributed by atoms with E-state index in [9.17, 15) is 0 Å². The Labute approximate surface area is 126 Å². The molecule has 0 unspecified atom stereocenters. The Hall–Kier alpha value is -2.24. The summed E-state index contributed by atoms with van der Waals surface area (Å²) < 4.78 is 5.86. The van der Waals surface area contributed by atoms with Crippen LogP contribution in [0.15, 0.2) is 48.5 Å². The predicted octanol–water partition coefficient (Wildman–Crippen LogP) is 3.56. The highest BCUT2D eigenvalue weighted by molar-refractivity contribution is 5.41. The lowest BCUT2D eigenvalue weighted by atomic mass is 10.1. The van der Waals surface area contributed by atoms with Gasteiger partial charge < -0.3 is 9.84 Å². The summed E-state index contributed by atoms with van der Waals surface area (Å²) in [6, 6.07) is 16.1. The number of aliphatic hydroxyl groups is 1. The first-order valence-corrected chi connectivity index (χ1v) is 7.23. The molecule has 0 saturated carbocycles. The minimum atomic E-state index is 0.0927. The van der Waals surface area contributed by atoms with Crippen LogP contribution in [0.5, 0.6) is 5.75 Å². The lowest BCUT2D eigenvalue weighted by Crippen LogP contribution is -1.98. The monoisotopic (exact) mass is 280 g/mol.